The molecule has 140 valence electrons. The van der Waals surface area contributed by atoms with Crippen LogP contribution in [-0.2, 0) is 9.53 Å². The van der Waals surface area contributed by atoms with Gasteiger partial charge in [-0.3, -0.25) is 4.79 Å². The quantitative estimate of drug-likeness (QED) is 0.577. The molecule has 27 heavy (non-hydrogen) atoms. The Morgan fingerprint density at radius 2 is 2.11 bits per heavy atom. The summed E-state index contributed by atoms with van der Waals surface area (Å²) in [5.41, 5.74) is 2.74. The third kappa shape index (κ3) is 3.92. The van der Waals surface area contributed by atoms with Crippen LogP contribution in [0.1, 0.15) is 34.8 Å². The maximum atomic E-state index is 12.7. The van der Waals surface area contributed by atoms with Crippen LogP contribution in [0.25, 0.3) is 0 Å². The molecule has 2 aromatic rings. The van der Waals surface area contributed by atoms with Crippen molar-refractivity contribution >= 4 is 39.7 Å². The molecule has 1 amide bonds. The van der Waals surface area contributed by atoms with E-state index in [0.29, 0.717) is 27.1 Å². The van der Waals surface area contributed by atoms with E-state index in [1.807, 2.05) is 31.2 Å². The largest absolute Gasteiger partial charge is 0.462 e. The summed E-state index contributed by atoms with van der Waals surface area (Å²) in [6.45, 7) is 7.37. The molecule has 0 bridgehead atoms. The summed E-state index contributed by atoms with van der Waals surface area (Å²) in [7, 11) is 0. The molecule has 0 radical (unpaired) electrons. The van der Waals surface area contributed by atoms with Crippen LogP contribution in [0.4, 0.5) is 10.8 Å². The van der Waals surface area contributed by atoms with Crippen LogP contribution in [0.3, 0.4) is 0 Å². The highest BCUT2D eigenvalue weighted by Gasteiger charge is 2.37. The Bertz CT molecular complexity index is 950. The molecule has 1 aromatic heterocycles. The molecule has 1 aromatic carbocycles. The van der Waals surface area contributed by atoms with Crippen molar-refractivity contribution in [3.05, 3.63) is 40.4 Å². The summed E-state index contributed by atoms with van der Waals surface area (Å²) >= 11 is 1.07. The molecule has 0 aliphatic carbocycles. The van der Waals surface area contributed by atoms with Gasteiger partial charge in [0, 0.05) is 0 Å². The zero-order valence-electron chi connectivity index (χ0n) is 15.5. The molecule has 1 aliphatic rings. The summed E-state index contributed by atoms with van der Waals surface area (Å²) in [6.07, 6.45) is 0. The molecular formula is C18H19N5O3S. The number of amides is 1. The number of rotatable bonds is 5. The SMILES string of the molecule is CCOC(=O)c1sc(N2N=C(C)[C@@H](N=Nc3cccc(C)c3)C2=O)nc1C. The molecule has 3 rings (SSSR count). The Morgan fingerprint density at radius 1 is 1.33 bits per heavy atom. The number of hydrogen-bond acceptors (Lipinski definition) is 8. The molecule has 0 saturated heterocycles. The second-order valence-corrected chi connectivity index (χ2v) is 6.96. The standard InChI is InChI=1S/C18H19N5O3S/c1-5-26-17(25)15-12(4)19-18(27-15)23-16(24)14(11(3)22-23)21-20-13-8-6-7-10(2)9-13/h6-9,14H,5H2,1-4H3/t14-/m1/s1. The van der Waals surface area contributed by atoms with Crippen LogP contribution in [0, 0.1) is 13.8 Å². The Balaban J connectivity index is 1.81. The van der Waals surface area contributed by atoms with Crippen LogP contribution >= 0.6 is 11.3 Å². The first-order valence-corrected chi connectivity index (χ1v) is 9.23. The van der Waals surface area contributed by atoms with Gasteiger partial charge in [0.05, 0.1) is 23.7 Å². The number of azo groups is 1. The average molecular weight is 385 g/mol. The third-order valence-corrected chi connectivity index (χ3v) is 4.93. The maximum Gasteiger partial charge on any atom is 0.350 e. The molecule has 2 heterocycles. The van der Waals surface area contributed by atoms with E-state index in [1.54, 1.807) is 20.8 Å². The number of carbonyl (C=O) groups excluding carboxylic acids is 2. The molecule has 1 aliphatic heterocycles. The van der Waals surface area contributed by atoms with Gasteiger partial charge in [-0.25, -0.2) is 9.78 Å². The van der Waals surface area contributed by atoms with E-state index in [9.17, 15) is 9.59 Å². The number of aromatic nitrogens is 1. The predicted octanol–water partition coefficient (Wildman–Crippen LogP) is 3.81. The summed E-state index contributed by atoms with van der Waals surface area (Å²) in [6, 6.07) is 6.72. The van der Waals surface area contributed by atoms with Gasteiger partial charge >= 0.3 is 5.97 Å². The van der Waals surface area contributed by atoms with Crippen molar-refractivity contribution < 1.29 is 14.3 Å². The van der Waals surface area contributed by atoms with Crippen LogP contribution in [0.5, 0.6) is 0 Å². The fourth-order valence-corrected chi connectivity index (χ4v) is 3.42. The zero-order chi connectivity index (χ0) is 19.6. The fraction of sp³-hybridized carbons (Fsp3) is 0.333. The second-order valence-electron chi connectivity index (χ2n) is 5.98. The molecule has 0 N–H and O–H groups in total. The Morgan fingerprint density at radius 3 is 2.81 bits per heavy atom. The van der Waals surface area contributed by atoms with E-state index >= 15 is 0 Å². The van der Waals surface area contributed by atoms with Crippen molar-refractivity contribution in [1.29, 1.82) is 0 Å². The number of ether oxygens (including phenoxy) is 1. The zero-order valence-corrected chi connectivity index (χ0v) is 16.3. The minimum Gasteiger partial charge on any atom is -0.462 e. The lowest BCUT2D eigenvalue weighted by Gasteiger charge is -2.07. The van der Waals surface area contributed by atoms with Crippen molar-refractivity contribution in [2.75, 3.05) is 11.6 Å². The van der Waals surface area contributed by atoms with Gasteiger partial charge < -0.3 is 4.74 Å². The molecule has 9 heteroatoms. The topological polar surface area (TPSA) is 96.6 Å². The number of hydrazone groups is 1. The predicted molar refractivity (Wildman–Crippen MR) is 103 cm³/mol. The van der Waals surface area contributed by atoms with Gasteiger partial charge in [-0.15, -0.1) is 0 Å². The lowest BCUT2D eigenvalue weighted by molar-refractivity contribution is -0.117. The normalized spacial score (nSPS) is 16.9. The van der Waals surface area contributed by atoms with Gasteiger partial charge in [0.25, 0.3) is 5.91 Å². The number of esters is 1. The van der Waals surface area contributed by atoms with Crippen molar-refractivity contribution in [1.82, 2.24) is 4.98 Å². The summed E-state index contributed by atoms with van der Waals surface area (Å²) < 4.78 is 5.01. The number of benzene rings is 1. The number of anilines is 1. The maximum absolute atomic E-state index is 12.7. The lowest BCUT2D eigenvalue weighted by Crippen LogP contribution is -2.29. The monoisotopic (exact) mass is 385 g/mol. The van der Waals surface area contributed by atoms with E-state index in [-0.39, 0.29) is 12.5 Å². The minimum absolute atomic E-state index is 0.271. The lowest BCUT2D eigenvalue weighted by atomic mass is 10.2. The van der Waals surface area contributed by atoms with Crippen LogP contribution in [0.2, 0.25) is 0 Å². The van der Waals surface area contributed by atoms with Crippen molar-refractivity contribution in [2.24, 2.45) is 15.3 Å². The van der Waals surface area contributed by atoms with Crippen LogP contribution in [0.15, 0.2) is 39.6 Å². The van der Waals surface area contributed by atoms with Crippen molar-refractivity contribution in [2.45, 2.75) is 33.7 Å². The minimum atomic E-state index is -0.805. The van der Waals surface area contributed by atoms with Gasteiger partial charge in [-0.2, -0.15) is 20.3 Å². The highest BCUT2D eigenvalue weighted by atomic mass is 32.1. The van der Waals surface area contributed by atoms with Gasteiger partial charge in [-0.1, -0.05) is 23.5 Å². The highest BCUT2D eigenvalue weighted by Crippen LogP contribution is 2.30. The fourth-order valence-electron chi connectivity index (χ4n) is 2.50. The Labute approximate surface area is 160 Å². The number of thiazole rings is 1. The van der Waals surface area contributed by atoms with E-state index in [0.717, 1.165) is 16.9 Å². The molecule has 8 nitrogen and oxygen atoms in total. The van der Waals surface area contributed by atoms with Gasteiger partial charge in [0.2, 0.25) is 5.13 Å². The van der Waals surface area contributed by atoms with Crippen LogP contribution < -0.4 is 5.01 Å². The molecule has 0 fully saturated rings. The first-order chi connectivity index (χ1) is 12.9. The molecule has 0 spiro atoms. The number of nitrogens with zero attached hydrogens (tertiary/aromatic N) is 5. The molecule has 0 unspecified atom stereocenters. The van der Waals surface area contributed by atoms with Crippen molar-refractivity contribution in [3.8, 4) is 0 Å². The smallest absolute Gasteiger partial charge is 0.350 e. The highest BCUT2D eigenvalue weighted by molar-refractivity contribution is 7.17. The van der Waals surface area contributed by atoms with E-state index in [4.69, 9.17) is 4.74 Å². The molecule has 1 atom stereocenters. The van der Waals surface area contributed by atoms with Gasteiger partial charge in [0.15, 0.2) is 6.04 Å². The van der Waals surface area contributed by atoms with E-state index in [2.05, 4.69) is 20.3 Å². The van der Waals surface area contributed by atoms with Gasteiger partial charge in [-0.05, 0) is 45.4 Å². The summed E-state index contributed by atoms with van der Waals surface area (Å²) in [5.74, 6) is -0.810. The Kier molecular flexibility index (Phi) is 5.41. The van der Waals surface area contributed by atoms with Crippen LogP contribution in [-0.4, -0.2) is 35.2 Å². The van der Waals surface area contributed by atoms with E-state index in [1.165, 1.54) is 5.01 Å². The van der Waals surface area contributed by atoms with Crippen molar-refractivity contribution in [3.63, 3.8) is 0 Å². The third-order valence-electron chi connectivity index (χ3n) is 3.81. The second kappa shape index (κ2) is 7.75. The number of carbonyl (C=O) groups is 2. The summed E-state index contributed by atoms with van der Waals surface area (Å²) in [5, 5.41) is 14.1. The first-order valence-electron chi connectivity index (χ1n) is 8.41. The van der Waals surface area contributed by atoms with E-state index < -0.39 is 12.0 Å². The molecule has 0 saturated carbocycles. The first kappa shape index (κ1) is 18.8. The summed E-state index contributed by atoms with van der Waals surface area (Å²) in [4.78, 5) is 29.3. The number of hydrogen-bond donors (Lipinski definition) is 0. The number of aryl methyl sites for hydroxylation is 2. The van der Waals surface area contributed by atoms with Gasteiger partial charge in [0.1, 0.15) is 4.88 Å². The Hall–Kier alpha value is -2.94. The average Bonchev–Trinajstić information content (AvgIpc) is 3.13. The molecular weight excluding hydrogens is 366 g/mol.